The minimum Gasteiger partial charge on any atom is -0.354 e. The summed E-state index contributed by atoms with van der Waals surface area (Å²) in [4.78, 5) is 14.2. The highest BCUT2D eigenvalue weighted by molar-refractivity contribution is 5.69. The van der Waals surface area contributed by atoms with Gasteiger partial charge in [0.2, 0.25) is 0 Å². The molecule has 0 unspecified atom stereocenters. The van der Waals surface area contributed by atoms with E-state index in [1.165, 1.54) is 0 Å². The van der Waals surface area contributed by atoms with Gasteiger partial charge in [0.05, 0.1) is 0 Å². The molecule has 7 heteroatoms. The molecule has 1 fully saturated rings. The van der Waals surface area contributed by atoms with E-state index in [-0.39, 0.29) is 5.41 Å². The van der Waals surface area contributed by atoms with E-state index in [9.17, 15) is 0 Å². The zero-order valence-corrected chi connectivity index (χ0v) is 18.8. The zero-order valence-electron chi connectivity index (χ0n) is 18.8. The average molecular weight is 418 g/mol. The highest BCUT2D eigenvalue weighted by atomic mass is 15.3. The number of nitrogens with one attached hydrogen (secondary N) is 2. The summed E-state index contributed by atoms with van der Waals surface area (Å²) in [5.41, 5.74) is 2.20. The molecule has 4 rings (SSSR count). The molecule has 1 aromatic carbocycles. The van der Waals surface area contributed by atoms with Crippen LogP contribution in [0, 0.1) is 0 Å². The summed E-state index contributed by atoms with van der Waals surface area (Å²) in [6, 6.07) is 14.2. The van der Waals surface area contributed by atoms with Crippen LogP contribution in [0.5, 0.6) is 0 Å². The molecule has 0 radical (unpaired) electrons. The topological polar surface area (TPSA) is 73.0 Å². The van der Waals surface area contributed by atoms with Gasteiger partial charge in [-0.05, 0) is 18.7 Å². The van der Waals surface area contributed by atoms with Crippen molar-refractivity contribution in [3.8, 4) is 0 Å². The minimum atomic E-state index is 0.00711. The number of likely N-dealkylation sites (N-methyl/N-ethyl adjacent to an activating group) is 1. The maximum absolute atomic E-state index is 4.82. The second kappa shape index (κ2) is 8.89. The Balaban J connectivity index is 1.62. The monoisotopic (exact) mass is 417 g/mol. The van der Waals surface area contributed by atoms with E-state index >= 15 is 0 Å². The van der Waals surface area contributed by atoms with Crippen molar-refractivity contribution in [2.75, 3.05) is 43.4 Å². The summed E-state index contributed by atoms with van der Waals surface area (Å²) in [6.45, 7) is 10.4. The maximum Gasteiger partial charge on any atom is 0.156 e. The Labute approximate surface area is 184 Å². The second-order valence-electron chi connectivity index (χ2n) is 9.05. The van der Waals surface area contributed by atoms with Crippen molar-refractivity contribution < 1.29 is 0 Å². The standard InChI is InChI=1S/C24H31N7/c1-24(2,3)19-16-22(29-28-19)26-21-17-23(31-14-12-30(4)13-15-31)27-20(25-21)11-10-18-8-6-5-7-9-18/h5-11,16-17H,12-15H2,1-4H3,(H2,25,26,27,28,29). The second-order valence-corrected chi connectivity index (χ2v) is 9.05. The summed E-state index contributed by atoms with van der Waals surface area (Å²) in [7, 11) is 2.16. The first-order chi connectivity index (χ1) is 14.9. The van der Waals surface area contributed by atoms with Crippen molar-refractivity contribution in [1.82, 2.24) is 25.1 Å². The quantitative estimate of drug-likeness (QED) is 0.649. The molecular formula is C24H31N7. The third-order valence-corrected chi connectivity index (χ3v) is 5.42. The van der Waals surface area contributed by atoms with Crippen LogP contribution in [0.25, 0.3) is 12.2 Å². The number of H-pyrrole nitrogens is 1. The lowest BCUT2D eigenvalue weighted by molar-refractivity contribution is 0.312. The van der Waals surface area contributed by atoms with Crippen LogP contribution in [0.3, 0.4) is 0 Å². The Bertz CT molecular complexity index is 1030. The van der Waals surface area contributed by atoms with Crippen LogP contribution in [-0.4, -0.2) is 58.3 Å². The average Bonchev–Trinajstić information content (AvgIpc) is 3.22. The molecule has 31 heavy (non-hydrogen) atoms. The first-order valence-corrected chi connectivity index (χ1v) is 10.8. The highest BCUT2D eigenvalue weighted by Crippen LogP contribution is 2.25. The molecule has 3 aromatic rings. The number of aromatic nitrogens is 4. The number of hydrogen-bond acceptors (Lipinski definition) is 6. The first kappa shape index (κ1) is 21.1. The summed E-state index contributed by atoms with van der Waals surface area (Å²) >= 11 is 0. The van der Waals surface area contributed by atoms with Crippen LogP contribution in [0.2, 0.25) is 0 Å². The first-order valence-electron chi connectivity index (χ1n) is 10.8. The third-order valence-electron chi connectivity index (χ3n) is 5.42. The van der Waals surface area contributed by atoms with Crippen LogP contribution in [0.1, 0.15) is 37.9 Å². The van der Waals surface area contributed by atoms with Gasteiger partial charge in [0.25, 0.3) is 0 Å². The van der Waals surface area contributed by atoms with E-state index < -0.39 is 0 Å². The fraction of sp³-hybridized carbons (Fsp3) is 0.375. The summed E-state index contributed by atoms with van der Waals surface area (Å²) in [5, 5.41) is 10.9. The van der Waals surface area contributed by atoms with Crippen LogP contribution >= 0.6 is 0 Å². The largest absolute Gasteiger partial charge is 0.354 e. The summed E-state index contributed by atoms with van der Waals surface area (Å²) in [5.74, 6) is 3.11. The predicted molar refractivity (Wildman–Crippen MR) is 128 cm³/mol. The van der Waals surface area contributed by atoms with Gasteiger partial charge < -0.3 is 15.1 Å². The predicted octanol–water partition coefficient (Wildman–Crippen LogP) is 4.16. The van der Waals surface area contributed by atoms with Crippen LogP contribution < -0.4 is 10.2 Å². The van der Waals surface area contributed by atoms with Gasteiger partial charge in [-0.25, -0.2) is 9.97 Å². The number of nitrogens with zero attached hydrogens (tertiary/aromatic N) is 5. The van der Waals surface area contributed by atoms with Crippen molar-refractivity contribution in [2.24, 2.45) is 0 Å². The Kier molecular flexibility index (Phi) is 6.04. The maximum atomic E-state index is 4.82. The summed E-state index contributed by atoms with van der Waals surface area (Å²) in [6.07, 6.45) is 4.00. The molecule has 1 aliphatic heterocycles. The van der Waals surface area contributed by atoms with E-state index in [4.69, 9.17) is 9.97 Å². The number of rotatable bonds is 5. The zero-order chi connectivity index (χ0) is 21.8. The van der Waals surface area contributed by atoms with E-state index in [0.717, 1.165) is 54.9 Å². The van der Waals surface area contributed by atoms with Crippen molar-refractivity contribution in [1.29, 1.82) is 0 Å². The minimum absolute atomic E-state index is 0.00711. The molecule has 0 aliphatic carbocycles. The van der Waals surface area contributed by atoms with Gasteiger partial charge in [-0.2, -0.15) is 5.10 Å². The molecule has 7 nitrogen and oxygen atoms in total. The van der Waals surface area contributed by atoms with Crippen LogP contribution in [-0.2, 0) is 5.41 Å². The van der Waals surface area contributed by atoms with Gasteiger partial charge in [0, 0.05) is 49.4 Å². The van der Waals surface area contributed by atoms with Gasteiger partial charge in [-0.3, -0.25) is 5.10 Å². The molecule has 2 N–H and O–H groups in total. The molecule has 0 amide bonds. The smallest absolute Gasteiger partial charge is 0.156 e. The molecule has 0 spiro atoms. The van der Waals surface area contributed by atoms with Crippen LogP contribution in [0.15, 0.2) is 42.5 Å². The fourth-order valence-corrected chi connectivity index (χ4v) is 3.42. The lowest BCUT2D eigenvalue weighted by Crippen LogP contribution is -2.44. The Hall–Kier alpha value is -3.19. The molecule has 1 aliphatic rings. The Morgan fingerprint density at radius 3 is 2.35 bits per heavy atom. The van der Waals surface area contributed by atoms with E-state index in [1.807, 2.05) is 42.5 Å². The molecular weight excluding hydrogens is 386 g/mol. The van der Waals surface area contributed by atoms with Crippen molar-refractivity contribution in [2.45, 2.75) is 26.2 Å². The normalized spacial score (nSPS) is 15.5. The number of hydrogen-bond donors (Lipinski definition) is 2. The number of aromatic amines is 1. The molecule has 3 heterocycles. The van der Waals surface area contributed by atoms with Crippen molar-refractivity contribution in [3.63, 3.8) is 0 Å². The SMILES string of the molecule is CN1CCN(c2cc(Nc3cc(C(C)(C)C)[nH]n3)nc(C=Cc3ccccc3)n2)CC1. The molecule has 0 atom stereocenters. The lowest BCUT2D eigenvalue weighted by Gasteiger charge is -2.33. The molecule has 2 aromatic heterocycles. The molecule has 0 bridgehead atoms. The molecule has 1 saturated heterocycles. The van der Waals surface area contributed by atoms with Gasteiger partial charge in [-0.15, -0.1) is 0 Å². The van der Waals surface area contributed by atoms with Gasteiger partial charge in [-0.1, -0.05) is 57.2 Å². The number of anilines is 3. The Morgan fingerprint density at radius 1 is 0.935 bits per heavy atom. The summed E-state index contributed by atoms with van der Waals surface area (Å²) < 4.78 is 0. The van der Waals surface area contributed by atoms with E-state index in [2.05, 4.69) is 65.3 Å². The van der Waals surface area contributed by atoms with Crippen LogP contribution in [0.4, 0.5) is 17.5 Å². The highest BCUT2D eigenvalue weighted by Gasteiger charge is 2.19. The number of piperazine rings is 1. The fourth-order valence-electron chi connectivity index (χ4n) is 3.42. The van der Waals surface area contributed by atoms with Crippen molar-refractivity contribution >= 4 is 29.6 Å². The lowest BCUT2D eigenvalue weighted by atomic mass is 9.92. The Morgan fingerprint density at radius 2 is 1.68 bits per heavy atom. The third kappa shape index (κ3) is 5.49. The number of benzene rings is 1. The van der Waals surface area contributed by atoms with Crippen molar-refractivity contribution in [3.05, 3.63) is 59.5 Å². The van der Waals surface area contributed by atoms with Gasteiger partial charge in [0.1, 0.15) is 11.6 Å². The van der Waals surface area contributed by atoms with E-state index in [0.29, 0.717) is 5.82 Å². The van der Waals surface area contributed by atoms with Gasteiger partial charge in [0.15, 0.2) is 11.6 Å². The molecule has 162 valence electrons. The van der Waals surface area contributed by atoms with Gasteiger partial charge >= 0.3 is 0 Å². The molecule has 0 saturated carbocycles. The van der Waals surface area contributed by atoms with E-state index in [1.54, 1.807) is 0 Å².